The number of hydrogen-bond donors (Lipinski definition) is 1. The average molecular weight is 330 g/mol. The van der Waals surface area contributed by atoms with E-state index in [0.29, 0.717) is 11.6 Å². The maximum atomic E-state index is 12.3. The molecule has 3 rings (SSSR count). The minimum atomic E-state index is -0.248. The van der Waals surface area contributed by atoms with Gasteiger partial charge in [-0.1, -0.05) is 0 Å². The van der Waals surface area contributed by atoms with Crippen LogP contribution in [0.3, 0.4) is 0 Å². The van der Waals surface area contributed by atoms with Crippen LogP contribution in [0, 0.1) is 0 Å². The molecule has 0 fully saturated rings. The minimum Gasteiger partial charge on any atom is -0.481 e. The Morgan fingerprint density at radius 2 is 2.35 bits per heavy atom. The predicted octanol–water partition coefficient (Wildman–Crippen LogP) is 1.76. The summed E-state index contributed by atoms with van der Waals surface area (Å²) >= 11 is 1.56. The van der Waals surface area contributed by atoms with E-state index >= 15 is 0 Å². The first-order valence-electron chi connectivity index (χ1n) is 6.80. The van der Waals surface area contributed by atoms with E-state index in [4.69, 9.17) is 4.74 Å². The average Bonchev–Trinajstić information content (AvgIpc) is 3.27. The van der Waals surface area contributed by atoms with Crippen molar-refractivity contribution in [3.05, 3.63) is 47.0 Å². The summed E-state index contributed by atoms with van der Waals surface area (Å²) in [4.78, 5) is 16.4. The zero-order chi connectivity index (χ0) is 16.1. The van der Waals surface area contributed by atoms with Crippen LogP contribution >= 0.6 is 11.3 Å². The molecule has 1 amide bonds. The number of thiophene rings is 1. The van der Waals surface area contributed by atoms with E-state index in [2.05, 4.69) is 25.8 Å². The maximum Gasteiger partial charge on any atom is 0.226 e. The molecule has 23 heavy (non-hydrogen) atoms. The van der Waals surface area contributed by atoms with E-state index in [9.17, 15) is 4.79 Å². The van der Waals surface area contributed by atoms with Crippen LogP contribution in [0.1, 0.15) is 18.0 Å². The normalized spacial score (nSPS) is 11.9. The molecule has 118 valence electrons. The van der Waals surface area contributed by atoms with Crippen molar-refractivity contribution in [1.29, 1.82) is 0 Å². The smallest absolute Gasteiger partial charge is 0.226 e. The van der Waals surface area contributed by atoms with Crippen molar-refractivity contribution < 1.29 is 9.53 Å². The Hall–Kier alpha value is -2.81. The lowest BCUT2D eigenvalue weighted by atomic mass is 10.1. The number of carbonyl (C=O) groups is 1. The van der Waals surface area contributed by atoms with Crippen molar-refractivity contribution in [2.45, 2.75) is 12.5 Å². The molecule has 0 aliphatic heterocycles. The fraction of sp³-hybridized carbons (Fsp3) is 0.214. The number of hydrogen-bond acceptors (Lipinski definition) is 7. The Morgan fingerprint density at radius 1 is 1.43 bits per heavy atom. The summed E-state index contributed by atoms with van der Waals surface area (Å²) in [5.41, 5.74) is 1.60. The van der Waals surface area contributed by atoms with Gasteiger partial charge in [-0.2, -0.15) is 11.3 Å². The molecular weight excluding hydrogens is 316 g/mol. The van der Waals surface area contributed by atoms with E-state index < -0.39 is 0 Å². The largest absolute Gasteiger partial charge is 0.481 e. The van der Waals surface area contributed by atoms with E-state index in [-0.39, 0.29) is 18.4 Å². The maximum absolute atomic E-state index is 12.3. The Kier molecular flexibility index (Phi) is 4.57. The number of ether oxygens (including phenoxy) is 1. The molecule has 1 N–H and O–H groups in total. The van der Waals surface area contributed by atoms with Gasteiger partial charge in [0.25, 0.3) is 0 Å². The van der Waals surface area contributed by atoms with Crippen molar-refractivity contribution >= 4 is 22.9 Å². The Morgan fingerprint density at radius 3 is 2.96 bits per heavy atom. The lowest BCUT2D eigenvalue weighted by Crippen LogP contribution is -2.20. The van der Waals surface area contributed by atoms with Crippen molar-refractivity contribution in [3.63, 3.8) is 0 Å². The topological polar surface area (TPSA) is 94.8 Å². The third kappa shape index (κ3) is 3.69. The molecule has 0 saturated carbocycles. The molecule has 9 heteroatoms. The SMILES string of the molecule is COc1ccc(NC(=O)CC(c2ccsc2)n2cnnn2)cn1. The Balaban J connectivity index is 1.71. The highest BCUT2D eigenvalue weighted by molar-refractivity contribution is 7.08. The molecule has 0 radical (unpaired) electrons. The lowest BCUT2D eigenvalue weighted by molar-refractivity contribution is -0.116. The summed E-state index contributed by atoms with van der Waals surface area (Å²) < 4.78 is 6.57. The summed E-state index contributed by atoms with van der Waals surface area (Å²) in [7, 11) is 1.54. The number of nitrogens with zero attached hydrogens (tertiary/aromatic N) is 5. The van der Waals surface area contributed by atoms with Crippen molar-refractivity contribution in [1.82, 2.24) is 25.2 Å². The number of anilines is 1. The first-order valence-corrected chi connectivity index (χ1v) is 7.75. The zero-order valence-corrected chi connectivity index (χ0v) is 13.1. The number of rotatable bonds is 6. The molecule has 0 spiro atoms. The summed E-state index contributed by atoms with van der Waals surface area (Å²) in [5, 5.41) is 17.9. The zero-order valence-electron chi connectivity index (χ0n) is 12.3. The van der Waals surface area contributed by atoms with Gasteiger partial charge in [-0.25, -0.2) is 9.67 Å². The highest BCUT2D eigenvalue weighted by Crippen LogP contribution is 2.23. The molecule has 0 saturated heterocycles. The van der Waals surface area contributed by atoms with Crippen LogP contribution in [0.5, 0.6) is 5.88 Å². The fourth-order valence-electron chi connectivity index (χ4n) is 2.10. The molecule has 0 aliphatic carbocycles. The van der Waals surface area contributed by atoms with Gasteiger partial charge < -0.3 is 10.1 Å². The Bertz CT molecular complexity index is 708. The van der Waals surface area contributed by atoms with Crippen LogP contribution in [0.15, 0.2) is 41.5 Å². The molecule has 1 atom stereocenters. The van der Waals surface area contributed by atoms with Gasteiger partial charge in [-0.15, -0.1) is 5.10 Å². The van der Waals surface area contributed by atoms with Crippen LogP contribution in [-0.2, 0) is 4.79 Å². The van der Waals surface area contributed by atoms with Gasteiger partial charge in [0.15, 0.2) is 0 Å². The van der Waals surface area contributed by atoms with Crippen molar-refractivity contribution in [2.75, 3.05) is 12.4 Å². The van der Waals surface area contributed by atoms with Crippen LogP contribution in [-0.4, -0.2) is 38.2 Å². The quantitative estimate of drug-likeness (QED) is 0.740. The Labute approximate surface area is 136 Å². The molecular formula is C14H14N6O2S. The van der Waals surface area contributed by atoms with Gasteiger partial charge in [0.2, 0.25) is 11.8 Å². The van der Waals surface area contributed by atoms with E-state index in [0.717, 1.165) is 5.56 Å². The van der Waals surface area contributed by atoms with Crippen molar-refractivity contribution in [2.24, 2.45) is 0 Å². The summed E-state index contributed by atoms with van der Waals surface area (Å²) in [6.07, 6.45) is 3.27. The first kappa shape index (κ1) is 15.1. The second kappa shape index (κ2) is 6.97. The molecule has 0 aromatic carbocycles. The number of carbonyl (C=O) groups excluding carboxylic acids is 1. The van der Waals surface area contributed by atoms with E-state index in [1.165, 1.54) is 13.4 Å². The first-order chi connectivity index (χ1) is 11.3. The molecule has 3 aromatic heterocycles. The molecule has 0 bridgehead atoms. The van der Waals surface area contributed by atoms with Gasteiger partial charge in [-0.3, -0.25) is 4.79 Å². The standard InChI is InChI=1S/C14H14N6O2S/c1-22-14-3-2-11(7-15-14)17-13(21)6-12(10-4-5-23-8-10)20-9-16-18-19-20/h2-5,7-9,12H,6H2,1H3,(H,17,21). The second-order valence-corrected chi connectivity index (χ2v) is 5.48. The fourth-order valence-corrected chi connectivity index (χ4v) is 2.81. The van der Waals surface area contributed by atoms with Gasteiger partial charge >= 0.3 is 0 Å². The third-order valence-electron chi connectivity index (χ3n) is 3.22. The number of nitrogens with one attached hydrogen (secondary N) is 1. The van der Waals surface area contributed by atoms with Gasteiger partial charge in [0, 0.05) is 6.07 Å². The van der Waals surface area contributed by atoms with Crippen LogP contribution < -0.4 is 10.1 Å². The summed E-state index contributed by atoms with van der Waals surface area (Å²) in [6.45, 7) is 0. The van der Waals surface area contributed by atoms with Crippen molar-refractivity contribution in [3.8, 4) is 5.88 Å². The van der Waals surface area contributed by atoms with E-state index in [1.54, 1.807) is 34.3 Å². The predicted molar refractivity (Wildman–Crippen MR) is 84.3 cm³/mol. The van der Waals surface area contributed by atoms with Gasteiger partial charge in [0.1, 0.15) is 6.33 Å². The molecule has 1 unspecified atom stereocenters. The number of amides is 1. The second-order valence-electron chi connectivity index (χ2n) is 4.70. The number of tetrazole rings is 1. The highest BCUT2D eigenvalue weighted by atomic mass is 32.1. The summed E-state index contributed by atoms with van der Waals surface area (Å²) in [5.74, 6) is 0.344. The lowest BCUT2D eigenvalue weighted by Gasteiger charge is -2.15. The van der Waals surface area contributed by atoms with Gasteiger partial charge in [-0.05, 0) is 38.9 Å². The third-order valence-corrected chi connectivity index (χ3v) is 3.92. The van der Waals surface area contributed by atoms with Crippen LogP contribution in [0.4, 0.5) is 5.69 Å². The molecule has 3 heterocycles. The van der Waals surface area contributed by atoms with Gasteiger partial charge in [0.05, 0.1) is 31.5 Å². The molecule has 8 nitrogen and oxygen atoms in total. The van der Waals surface area contributed by atoms with Crippen LogP contribution in [0.2, 0.25) is 0 Å². The monoisotopic (exact) mass is 330 g/mol. The van der Waals surface area contributed by atoms with E-state index in [1.807, 2.05) is 16.8 Å². The minimum absolute atomic E-state index is 0.149. The summed E-state index contributed by atoms with van der Waals surface area (Å²) in [6, 6.07) is 5.13. The van der Waals surface area contributed by atoms with Crippen LogP contribution in [0.25, 0.3) is 0 Å². The number of methoxy groups -OCH3 is 1. The number of aromatic nitrogens is 5. The number of pyridine rings is 1. The molecule has 3 aromatic rings. The molecule has 0 aliphatic rings. The highest BCUT2D eigenvalue weighted by Gasteiger charge is 2.19.